The van der Waals surface area contributed by atoms with Gasteiger partial charge in [0.15, 0.2) is 0 Å². The molecule has 2 nitrogen and oxygen atoms in total. The van der Waals surface area contributed by atoms with Crippen molar-refractivity contribution in [3.8, 4) is 0 Å². The molecule has 0 saturated heterocycles. The van der Waals surface area contributed by atoms with Crippen LogP contribution in [0.5, 0.6) is 0 Å². The highest BCUT2D eigenvalue weighted by molar-refractivity contribution is 5.71. The van der Waals surface area contributed by atoms with Gasteiger partial charge < -0.3 is 4.74 Å². The van der Waals surface area contributed by atoms with Gasteiger partial charge in [-0.05, 0) is 12.8 Å². The lowest BCUT2D eigenvalue weighted by atomic mass is 10.1. The summed E-state index contributed by atoms with van der Waals surface area (Å²) in [5.74, 6) is 0.0260. The van der Waals surface area contributed by atoms with Crippen molar-refractivity contribution in [3.05, 3.63) is 0 Å². The Morgan fingerprint density at radius 1 is 1.00 bits per heavy atom. The van der Waals surface area contributed by atoms with Crippen molar-refractivity contribution < 1.29 is 9.53 Å². The quantitative estimate of drug-likeness (QED) is 0.411. The number of esters is 1. The van der Waals surface area contributed by atoms with Gasteiger partial charge >= 0.3 is 5.97 Å². The van der Waals surface area contributed by atoms with E-state index >= 15 is 0 Å². The van der Waals surface area contributed by atoms with Crippen LogP contribution in [0.2, 0.25) is 0 Å². The number of carbonyl (C=O) groups excluding carboxylic acids is 1. The Bertz CT molecular complexity index is 166. The van der Waals surface area contributed by atoms with Gasteiger partial charge in [-0.15, -0.1) is 0 Å². The van der Waals surface area contributed by atoms with Crippen molar-refractivity contribution in [2.45, 2.75) is 72.1 Å². The molecule has 0 bridgehead atoms. The second-order valence-electron chi connectivity index (χ2n) is 4.60. The lowest BCUT2D eigenvalue weighted by Gasteiger charge is -2.08. The van der Waals surface area contributed by atoms with E-state index in [9.17, 15) is 4.79 Å². The molecule has 2 heteroatoms. The molecule has 0 N–H and O–H groups in total. The Morgan fingerprint density at radius 2 is 1.56 bits per heavy atom. The van der Waals surface area contributed by atoms with Crippen LogP contribution in [-0.4, -0.2) is 12.6 Å². The molecule has 1 atom stereocenters. The van der Waals surface area contributed by atoms with Crippen molar-refractivity contribution in [3.63, 3.8) is 0 Å². The molecule has 0 rings (SSSR count). The molecule has 0 aliphatic carbocycles. The Morgan fingerprint density at radius 3 is 2.12 bits per heavy atom. The zero-order valence-corrected chi connectivity index (χ0v) is 11.3. The summed E-state index contributed by atoms with van der Waals surface area (Å²) < 4.78 is 5.18. The minimum absolute atomic E-state index is 0.0338. The van der Waals surface area contributed by atoms with Crippen molar-refractivity contribution in [1.29, 1.82) is 0 Å². The molecule has 0 saturated carbocycles. The average Bonchev–Trinajstić information content (AvgIpc) is 2.31. The monoisotopic (exact) mass is 228 g/mol. The first-order valence-corrected chi connectivity index (χ1v) is 6.89. The standard InChI is InChI=1S/C14H28O2/c1-4-6-7-8-9-10-11-12-16-14(15)13(3)5-2/h13H,4-12H2,1-3H3/t13-/m1/s1. The Hall–Kier alpha value is -0.530. The van der Waals surface area contributed by atoms with E-state index < -0.39 is 0 Å². The summed E-state index contributed by atoms with van der Waals surface area (Å²) in [6.45, 7) is 6.78. The van der Waals surface area contributed by atoms with E-state index in [1.165, 1.54) is 38.5 Å². The number of rotatable bonds is 10. The van der Waals surface area contributed by atoms with Crippen LogP contribution in [0.4, 0.5) is 0 Å². The van der Waals surface area contributed by atoms with Crippen LogP contribution < -0.4 is 0 Å². The van der Waals surface area contributed by atoms with Crippen LogP contribution in [0.3, 0.4) is 0 Å². The normalized spacial score (nSPS) is 12.4. The number of ether oxygens (including phenoxy) is 1. The summed E-state index contributed by atoms with van der Waals surface area (Å²) in [6.07, 6.45) is 9.69. The predicted octanol–water partition coefficient (Wildman–Crippen LogP) is 4.33. The second kappa shape index (κ2) is 11.0. The number of hydrogen-bond acceptors (Lipinski definition) is 2. The molecule has 0 radical (unpaired) electrons. The fourth-order valence-corrected chi connectivity index (χ4v) is 1.54. The smallest absolute Gasteiger partial charge is 0.308 e. The average molecular weight is 228 g/mol. The second-order valence-corrected chi connectivity index (χ2v) is 4.60. The highest BCUT2D eigenvalue weighted by Gasteiger charge is 2.10. The topological polar surface area (TPSA) is 26.3 Å². The van der Waals surface area contributed by atoms with Crippen LogP contribution in [-0.2, 0) is 9.53 Å². The van der Waals surface area contributed by atoms with E-state index in [0.717, 1.165) is 12.8 Å². The van der Waals surface area contributed by atoms with Gasteiger partial charge in [-0.2, -0.15) is 0 Å². The molecular weight excluding hydrogens is 200 g/mol. The third-order valence-corrected chi connectivity index (χ3v) is 3.01. The third kappa shape index (κ3) is 8.75. The molecule has 16 heavy (non-hydrogen) atoms. The summed E-state index contributed by atoms with van der Waals surface area (Å²) in [5.41, 5.74) is 0. The molecule has 0 aromatic rings. The van der Waals surface area contributed by atoms with Crippen LogP contribution >= 0.6 is 0 Å². The minimum Gasteiger partial charge on any atom is -0.465 e. The van der Waals surface area contributed by atoms with Gasteiger partial charge in [0.1, 0.15) is 0 Å². The third-order valence-electron chi connectivity index (χ3n) is 3.01. The molecule has 96 valence electrons. The van der Waals surface area contributed by atoms with Crippen molar-refractivity contribution in [2.75, 3.05) is 6.61 Å². The highest BCUT2D eigenvalue weighted by atomic mass is 16.5. The molecule has 0 spiro atoms. The molecule has 0 aliphatic rings. The summed E-state index contributed by atoms with van der Waals surface area (Å²) in [4.78, 5) is 11.3. The molecular formula is C14H28O2. The van der Waals surface area contributed by atoms with E-state index in [-0.39, 0.29) is 11.9 Å². The first-order valence-electron chi connectivity index (χ1n) is 6.89. The van der Waals surface area contributed by atoms with Crippen LogP contribution in [0.15, 0.2) is 0 Å². The molecule has 0 aromatic heterocycles. The molecule has 0 unspecified atom stereocenters. The van der Waals surface area contributed by atoms with E-state index in [1.54, 1.807) is 0 Å². The maximum absolute atomic E-state index is 11.3. The molecule has 0 fully saturated rings. The van der Waals surface area contributed by atoms with Crippen molar-refractivity contribution in [1.82, 2.24) is 0 Å². The fraction of sp³-hybridized carbons (Fsp3) is 0.929. The zero-order valence-electron chi connectivity index (χ0n) is 11.3. The first kappa shape index (κ1) is 15.5. The first-order chi connectivity index (χ1) is 7.72. The van der Waals surface area contributed by atoms with Gasteiger partial charge in [0.05, 0.1) is 12.5 Å². The van der Waals surface area contributed by atoms with E-state index in [1.807, 2.05) is 13.8 Å². The van der Waals surface area contributed by atoms with E-state index in [0.29, 0.717) is 6.61 Å². The van der Waals surface area contributed by atoms with Gasteiger partial charge in [-0.1, -0.05) is 59.3 Å². The molecule has 0 heterocycles. The van der Waals surface area contributed by atoms with Gasteiger partial charge in [0.25, 0.3) is 0 Å². The largest absolute Gasteiger partial charge is 0.465 e. The van der Waals surface area contributed by atoms with Crippen LogP contribution in [0.25, 0.3) is 0 Å². The van der Waals surface area contributed by atoms with Gasteiger partial charge in [-0.25, -0.2) is 0 Å². The maximum atomic E-state index is 11.3. The van der Waals surface area contributed by atoms with Crippen molar-refractivity contribution in [2.24, 2.45) is 5.92 Å². The van der Waals surface area contributed by atoms with Gasteiger partial charge in [0.2, 0.25) is 0 Å². The summed E-state index contributed by atoms with van der Waals surface area (Å²) >= 11 is 0. The molecule has 0 aromatic carbocycles. The van der Waals surface area contributed by atoms with E-state index in [2.05, 4.69) is 6.92 Å². The predicted molar refractivity (Wildman–Crippen MR) is 68.4 cm³/mol. The Balaban J connectivity index is 3.18. The maximum Gasteiger partial charge on any atom is 0.308 e. The van der Waals surface area contributed by atoms with Crippen LogP contribution in [0, 0.1) is 5.92 Å². The lowest BCUT2D eigenvalue weighted by Crippen LogP contribution is -2.14. The van der Waals surface area contributed by atoms with Gasteiger partial charge in [-0.3, -0.25) is 4.79 Å². The molecule has 0 aliphatic heterocycles. The number of hydrogen-bond donors (Lipinski definition) is 0. The fourth-order valence-electron chi connectivity index (χ4n) is 1.54. The Kier molecular flexibility index (Phi) is 10.6. The highest BCUT2D eigenvalue weighted by Crippen LogP contribution is 2.08. The summed E-state index contributed by atoms with van der Waals surface area (Å²) in [7, 11) is 0. The van der Waals surface area contributed by atoms with E-state index in [4.69, 9.17) is 4.74 Å². The molecule has 0 amide bonds. The summed E-state index contributed by atoms with van der Waals surface area (Å²) in [6, 6.07) is 0. The number of carbonyl (C=O) groups is 1. The van der Waals surface area contributed by atoms with Crippen molar-refractivity contribution >= 4 is 5.97 Å². The minimum atomic E-state index is -0.0338. The summed E-state index contributed by atoms with van der Waals surface area (Å²) in [5, 5.41) is 0. The number of unbranched alkanes of at least 4 members (excludes halogenated alkanes) is 6. The zero-order chi connectivity index (χ0) is 12.2. The SMILES string of the molecule is CCCCCCCCCOC(=O)[C@H](C)CC. The Labute approximate surface area is 101 Å². The van der Waals surface area contributed by atoms with Crippen LogP contribution in [0.1, 0.15) is 72.1 Å². The van der Waals surface area contributed by atoms with Gasteiger partial charge in [0, 0.05) is 0 Å². The lowest BCUT2D eigenvalue weighted by molar-refractivity contribution is -0.148.